The summed E-state index contributed by atoms with van der Waals surface area (Å²) in [6.45, 7) is 2.40. The fraction of sp³-hybridized carbons (Fsp3) is 0.167. The number of benzene rings is 1. The first-order valence-electron chi connectivity index (χ1n) is 7.33. The number of thiazole rings is 1. The van der Waals surface area contributed by atoms with Crippen molar-refractivity contribution in [1.29, 1.82) is 5.26 Å². The highest BCUT2D eigenvalue weighted by Crippen LogP contribution is 2.29. The van der Waals surface area contributed by atoms with E-state index in [4.69, 9.17) is 15.9 Å². The Morgan fingerprint density at radius 3 is 2.92 bits per heavy atom. The molecule has 126 valence electrons. The number of hydrogen-bond donors (Lipinski definition) is 1. The number of ether oxygens (including phenoxy) is 2. The third-order valence-corrected chi connectivity index (χ3v) is 3.60. The van der Waals surface area contributed by atoms with Crippen molar-refractivity contribution >= 4 is 28.5 Å². The van der Waals surface area contributed by atoms with Crippen LogP contribution >= 0.6 is 11.3 Å². The number of rotatable bonds is 7. The molecule has 0 spiro atoms. The van der Waals surface area contributed by atoms with Crippen molar-refractivity contribution in [1.82, 2.24) is 4.98 Å². The average molecular weight is 353 g/mol. The highest BCUT2D eigenvalue weighted by molar-refractivity contribution is 7.13. The van der Waals surface area contributed by atoms with Gasteiger partial charge in [0.1, 0.15) is 18.2 Å². The van der Waals surface area contributed by atoms with E-state index in [-0.39, 0.29) is 12.2 Å². The highest BCUT2D eigenvalue weighted by atomic mass is 32.1. The molecule has 0 atom stereocenters. The molecule has 1 heterocycles. The lowest BCUT2D eigenvalue weighted by atomic mass is 10.1. The van der Waals surface area contributed by atoms with E-state index in [0.717, 1.165) is 0 Å². The standard InChI is InChI=1S/C18H15N3O3S/c1-3-8-24-15-6-5-13(11-16(15)23-4-2)10-14(12-19)17(22)21-18-20-7-9-25-18/h1,5-7,9-11H,4,8H2,2H3,(H,20,21,22)/b14-10+. The summed E-state index contributed by atoms with van der Waals surface area (Å²) >= 11 is 1.27. The van der Waals surface area contributed by atoms with Crippen LogP contribution < -0.4 is 14.8 Å². The average Bonchev–Trinajstić information content (AvgIpc) is 3.12. The third kappa shape index (κ3) is 5.10. The summed E-state index contributed by atoms with van der Waals surface area (Å²) in [7, 11) is 0. The molecule has 0 saturated heterocycles. The number of aromatic nitrogens is 1. The van der Waals surface area contributed by atoms with Crippen LogP contribution in [0.1, 0.15) is 12.5 Å². The molecule has 0 aliphatic carbocycles. The minimum absolute atomic E-state index is 0.0464. The number of nitrogens with zero attached hydrogens (tertiary/aromatic N) is 2. The third-order valence-electron chi connectivity index (χ3n) is 2.91. The van der Waals surface area contributed by atoms with Crippen molar-refractivity contribution in [2.45, 2.75) is 6.92 Å². The van der Waals surface area contributed by atoms with Gasteiger partial charge in [-0.2, -0.15) is 5.26 Å². The van der Waals surface area contributed by atoms with Crippen LogP contribution in [-0.4, -0.2) is 24.1 Å². The molecule has 2 rings (SSSR count). The zero-order valence-electron chi connectivity index (χ0n) is 13.5. The maximum atomic E-state index is 12.2. The van der Waals surface area contributed by atoms with Crippen LogP contribution in [0.25, 0.3) is 6.08 Å². The van der Waals surface area contributed by atoms with E-state index >= 15 is 0 Å². The summed E-state index contributed by atoms with van der Waals surface area (Å²) < 4.78 is 10.9. The van der Waals surface area contributed by atoms with Gasteiger partial charge in [0, 0.05) is 11.6 Å². The molecule has 1 amide bonds. The zero-order chi connectivity index (χ0) is 18.1. The van der Waals surface area contributed by atoms with Crippen molar-refractivity contribution < 1.29 is 14.3 Å². The van der Waals surface area contributed by atoms with E-state index in [2.05, 4.69) is 16.2 Å². The van der Waals surface area contributed by atoms with Gasteiger partial charge in [-0.3, -0.25) is 10.1 Å². The van der Waals surface area contributed by atoms with E-state index in [9.17, 15) is 10.1 Å². The summed E-state index contributed by atoms with van der Waals surface area (Å²) in [5.74, 6) is 2.85. The van der Waals surface area contributed by atoms with Crippen molar-refractivity contribution in [3.63, 3.8) is 0 Å². The van der Waals surface area contributed by atoms with Crippen LogP contribution in [0, 0.1) is 23.7 Å². The number of terminal acetylenes is 1. The fourth-order valence-electron chi connectivity index (χ4n) is 1.89. The quantitative estimate of drug-likeness (QED) is 0.470. The number of carbonyl (C=O) groups is 1. The maximum absolute atomic E-state index is 12.2. The Morgan fingerprint density at radius 2 is 2.28 bits per heavy atom. The Labute approximate surface area is 149 Å². The van der Waals surface area contributed by atoms with Gasteiger partial charge in [0.15, 0.2) is 16.6 Å². The largest absolute Gasteiger partial charge is 0.490 e. The minimum atomic E-state index is -0.525. The Hall–Kier alpha value is -3.29. The van der Waals surface area contributed by atoms with E-state index in [1.165, 1.54) is 17.4 Å². The molecule has 0 radical (unpaired) electrons. The SMILES string of the molecule is C#CCOc1ccc(/C=C(\C#N)C(=O)Nc2nccs2)cc1OCC. The van der Waals surface area contributed by atoms with Gasteiger partial charge in [0.25, 0.3) is 5.91 Å². The van der Waals surface area contributed by atoms with Crippen molar-refractivity contribution in [3.8, 4) is 29.9 Å². The van der Waals surface area contributed by atoms with Crippen LogP contribution in [-0.2, 0) is 4.79 Å². The second kappa shape index (κ2) is 9.11. The molecular weight excluding hydrogens is 338 g/mol. The van der Waals surface area contributed by atoms with Crippen molar-refractivity contribution in [2.24, 2.45) is 0 Å². The molecule has 1 aromatic carbocycles. The molecule has 0 aliphatic heterocycles. The Bertz CT molecular complexity index is 845. The summed E-state index contributed by atoms with van der Waals surface area (Å²) in [5, 5.41) is 14.0. The molecule has 2 aromatic rings. The lowest BCUT2D eigenvalue weighted by molar-refractivity contribution is -0.112. The van der Waals surface area contributed by atoms with E-state index in [1.54, 1.807) is 29.8 Å². The molecular formula is C18H15N3O3S. The van der Waals surface area contributed by atoms with E-state index in [1.807, 2.05) is 13.0 Å². The van der Waals surface area contributed by atoms with Crippen LogP contribution in [0.15, 0.2) is 35.3 Å². The normalized spacial score (nSPS) is 10.4. The van der Waals surface area contributed by atoms with Gasteiger partial charge in [0.05, 0.1) is 6.61 Å². The highest BCUT2D eigenvalue weighted by Gasteiger charge is 2.12. The van der Waals surface area contributed by atoms with Crippen LogP contribution in [0.4, 0.5) is 5.13 Å². The van der Waals surface area contributed by atoms with Crippen LogP contribution in [0.2, 0.25) is 0 Å². The zero-order valence-corrected chi connectivity index (χ0v) is 14.3. The molecule has 25 heavy (non-hydrogen) atoms. The predicted octanol–water partition coefficient (Wildman–Crippen LogP) is 3.10. The molecule has 0 fully saturated rings. The first-order chi connectivity index (χ1) is 12.2. The number of anilines is 1. The first-order valence-corrected chi connectivity index (χ1v) is 8.21. The number of amides is 1. The number of carbonyl (C=O) groups excluding carboxylic acids is 1. The van der Waals surface area contributed by atoms with Crippen molar-refractivity contribution in [3.05, 3.63) is 40.9 Å². The van der Waals surface area contributed by atoms with Gasteiger partial charge < -0.3 is 9.47 Å². The number of hydrogen-bond acceptors (Lipinski definition) is 6. The molecule has 0 aliphatic rings. The van der Waals surface area contributed by atoms with Crippen LogP contribution in [0.3, 0.4) is 0 Å². The number of nitriles is 1. The molecule has 0 bridgehead atoms. The second-order valence-electron chi connectivity index (χ2n) is 4.59. The van der Waals surface area contributed by atoms with E-state index in [0.29, 0.717) is 28.8 Å². The van der Waals surface area contributed by atoms with Crippen LogP contribution in [0.5, 0.6) is 11.5 Å². The second-order valence-corrected chi connectivity index (χ2v) is 5.49. The smallest absolute Gasteiger partial charge is 0.268 e. The molecule has 0 saturated carbocycles. The Morgan fingerprint density at radius 1 is 1.44 bits per heavy atom. The summed E-state index contributed by atoms with van der Waals surface area (Å²) in [6.07, 6.45) is 8.23. The summed E-state index contributed by atoms with van der Waals surface area (Å²) in [4.78, 5) is 16.1. The first kappa shape index (κ1) is 18.1. The van der Waals surface area contributed by atoms with Gasteiger partial charge in [-0.15, -0.1) is 17.8 Å². The maximum Gasteiger partial charge on any atom is 0.268 e. The van der Waals surface area contributed by atoms with E-state index < -0.39 is 5.91 Å². The van der Waals surface area contributed by atoms with Gasteiger partial charge in [0.2, 0.25) is 0 Å². The van der Waals surface area contributed by atoms with Gasteiger partial charge in [-0.05, 0) is 30.7 Å². The number of nitrogens with one attached hydrogen (secondary N) is 1. The molecule has 7 heteroatoms. The fourth-order valence-corrected chi connectivity index (χ4v) is 2.41. The Balaban J connectivity index is 2.24. The molecule has 1 aromatic heterocycles. The Kier molecular flexibility index (Phi) is 6.58. The summed E-state index contributed by atoms with van der Waals surface area (Å²) in [6, 6.07) is 6.97. The van der Waals surface area contributed by atoms with Gasteiger partial charge >= 0.3 is 0 Å². The lowest BCUT2D eigenvalue weighted by Gasteiger charge is -2.11. The van der Waals surface area contributed by atoms with Crippen molar-refractivity contribution in [2.75, 3.05) is 18.5 Å². The lowest BCUT2D eigenvalue weighted by Crippen LogP contribution is -2.13. The van der Waals surface area contributed by atoms with Gasteiger partial charge in [-0.1, -0.05) is 12.0 Å². The molecule has 0 unspecified atom stereocenters. The monoisotopic (exact) mass is 353 g/mol. The topological polar surface area (TPSA) is 84.2 Å². The molecule has 1 N–H and O–H groups in total. The minimum Gasteiger partial charge on any atom is -0.490 e. The summed E-state index contributed by atoms with van der Waals surface area (Å²) in [5.41, 5.74) is 0.581. The van der Waals surface area contributed by atoms with Gasteiger partial charge in [-0.25, -0.2) is 4.98 Å². The predicted molar refractivity (Wildman–Crippen MR) is 96.3 cm³/mol. The molecule has 6 nitrogen and oxygen atoms in total.